The van der Waals surface area contributed by atoms with Gasteiger partial charge in [0, 0.05) is 5.25 Å². The van der Waals surface area contributed by atoms with Crippen molar-refractivity contribution in [3.8, 4) is 0 Å². The molecule has 0 N–H and O–H groups in total. The van der Waals surface area contributed by atoms with Crippen LogP contribution in [0.1, 0.15) is 25.7 Å². The summed E-state index contributed by atoms with van der Waals surface area (Å²) in [5, 5.41) is 1.19. The first-order valence-electron chi connectivity index (χ1n) is 3.96. The number of hydrogen-bond acceptors (Lipinski definition) is 1. The van der Waals surface area contributed by atoms with E-state index in [0.717, 1.165) is 11.7 Å². The highest BCUT2D eigenvalue weighted by molar-refractivity contribution is 8.02. The van der Waals surface area contributed by atoms with Crippen LogP contribution in [0.3, 0.4) is 0 Å². The Hall–Kier alpha value is 0.155. The maximum Gasteiger partial charge on any atom is 0.0851 e. The maximum absolute atomic E-state index is 5.82. The Bertz CT molecular complexity index is 165. The molecule has 1 fully saturated rings. The summed E-state index contributed by atoms with van der Waals surface area (Å²) in [6.45, 7) is 0. The van der Waals surface area contributed by atoms with Gasteiger partial charge in [0.05, 0.1) is 7.85 Å². The fraction of sp³-hybridized carbons (Fsp3) is 0.750. The van der Waals surface area contributed by atoms with Crippen LogP contribution in [0, 0.1) is 0 Å². The third kappa shape index (κ3) is 1.14. The van der Waals surface area contributed by atoms with E-state index in [4.69, 9.17) is 7.85 Å². The zero-order valence-corrected chi connectivity index (χ0v) is 6.86. The topological polar surface area (TPSA) is 0 Å². The summed E-state index contributed by atoms with van der Waals surface area (Å²) in [6.07, 6.45) is 7.57. The van der Waals surface area contributed by atoms with E-state index >= 15 is 0 Å². The molecule has 0 bridgehead atoms. The molecule has 1 aliphatic carbocycles. The lowest BCUT2D eigenvalue weighted by molar-refractivity contribution is 0.710. The summed E-state index contributed by atoms with van der Waals surface area (Å²) < 4.78 is 0. The molecule has 0 spiro atoms. The van der Waals surface area contributed by atoms with Crippen molar-refractivity contribution < 1.29 is 0 Å². The summed E-state index contributed by atoms with van der Waals surface area (Å²) >= 11 is 1.96. The molecule has 2 radical (unpaired) electrons. The average molecular weight is 150 g/mol. The summed E-state index contributed by atoms with van der Waals surface area (Å²) in [5.41, 5.74) is 1.63. The number of fused-ring (bicyclic) bond motifs is 1. The number of thioether (sulfide) groups is 1. The Kier molecular flexibility index (Phi) is 1.81. The second-order valence-electron chi connectivity index (χ2n) is 3.08. The molecule has 0 nitrogen and oxygen atoms in total. The van der Waals surface area contributed by atoms with Gasteiger partial charge in [-0.15, -0.1) is 0 Å². The minimum absolute atomic E-state index is 0.398. The molecule has 2 heteroatoms. The minimum Gasteiger partial charge on any atom is -0.160 e. The van der Waals surface area contributed by atoms with Crippen molar-refractivity contribution in [3.05, 3.63) is 11.6 Å². The van der Waals surface area contributed by atoms with Crippen molar-refractivity contribution in [2.24, 2.45) is 0 Å². The SMILES string of the molecule is [B]C1CC2=CCCCC2S1. The van der Waals surface area contributed by atoms with E-state index in [1.807, 2.05) is 11.8 Å². The quantitative estimate of drug-likeness (QED) is 0.376. The lowest BCUT2D eigenvalue weighted by atomic mass is 9.91. The first-order valence-corrected chi connectivity index (χ1v) is 4.90. The van der Waals surface area contributed by atoms with Crippen LogP contribution in [-0.4, -0.2) is 18.2 Å². The van der Waals surface area contributed by atoms with Gasteiger partial charge in [-0.3, -0.25) is 0 Å². The summed E-state index contributed by atoms with van der Waals surface area (Å²) in [7, 11) is 5.82. The third-order valence-corrected chi connectivity index (χ3v) is 3.65. The largest absolute Gasteiger partial charge is 0.160 e. The summed E-state index contributed by atoms with van der Waals surface area (Å²) in [5.74, 6) is 0. The number of rotatable bonds is 0. The van der Waals surface area contributed by atoms with Gasteiger partial charge in [-0.1, -0.05) is 11.6 Å². The molecule has 2 atom stereocenters. The second-order valence-corrected chi connectivity index (χ2v) is 4.52. The Labute approximate surface area is 67.9 Å². The smallest absolute Gasteiger partial charge is 0.0851 e. The molecular formula is C8H11BS. The monoisotopic (exact) mass is 150 g/mol. The molecule has 1 aliphatic heterocycles. The molecule has 0 amide bonds. The van der Waals surface area contributed by atoms with E-state index < -0.39 is 0 Å². The molecule has 0 aromatic carbocycles. The van der Waals surface area contributed by atoms with Crippen LogP contribution >= 0.6 is 11.8 Å². The Morgan fingerprint density at radius 3 is 3.30 bits per heavy atom. The van der Waals surface area contributed by atoms with E-state index in [2.05, 4.69) is 6.08 Å². The van der Waals surface area contributed by atoms with E-state index in [1.165, 1.54) is 19.3 Å². The van der Waals surface area contributed by atoms with Gasteiger partial charge in [0.2, 0.25) is 0 Å². The van der Waals surface area contributed by atoms with Crippen molar-refractivity contribution in [3.63, 3.8) is 0 Å². The van der Waals surface area contributed by atoms with Crippen LogP contribution in [0.4, 0.5) is 0 Å². The molecular weight excluding hydrogens is 139 g/mol. The fourth-order valence-corrected chi connectivity index (χ4v) is 3.15. The third-order valence-electron chi connectivity index (χ3n) is 2.27. The minimum atomic E-state index is 0.398. The predicted molar refractivity (Wildman–Crippen MR) is 47.5 cm³/mol. The Morgan fingerprint density at radius 1 is 1.60 bits per heavy atom. The van der Waals surface area contributed by atoms with E-state index in [9.17, 15) is 0 Å². The van der Waals surface area contributed by atoms with E-state index in [0.29, 0.717) is 5.15 Å². The molecule has 10 heavy (non-hydrogen) atoms. The van der Waals surface area contributed by atoms with E-state index in [1.54, 1.807) is 5.57 Å². The zero-order chi connectivity index (χ0) is 6.97. The van der Waals surface area contributed by atoms with Crippen LogP contribution in [0.15, 0.2) is 11.6 Å². The zero-order valence-electron chi connectivity index (χ0n) is 6.05. The second kappa shape index (κ2) is 2.65. The summed E-state index contributed by atoms with van der Waals surface area (Å²) in [6, 6.07) is 0. The first-order chi connectivity index (χ1) is 4.86. The molecule has 1 saturated heterocycles. The highest BCUT2D eigenvalue weighted by Crippen LogP contribution is 2.41. The highest BCUT2D eigenvalue weighted by atomic mass is 32.2. The molecule has 2 aliphatic rings. The Morgan fingerprint density at radius 2 is 2.50 bits per heavy atom. The van der Waals surface area contributed by atoms with Crippen molar-refractivity contribution in [1.82, 2.24) is 0 Å². The number of hydrogen-bond donors (Lipinski definition) is 0. The van der Waals surface area contributed by atoms with Crippen molar-refractivity contribution in [2.75, 3.05) is 0 Å². The highest BCUT2D eigenvalue weighted by Gasteiger charge is 2.27. The van der Waals surface area contributed by atoms with E-state index in [-0.39, 0.29) is 0 Å². The fourth-order valence-electron chi connectivity index (χ4n) is 1.77. The number of allylic oxidation sites excluding steroid dienone is 1. The standard InChI is InChI=1S/C8H11BS/c9-8-5-6-3-1-2-4-7(6)10-8/h3,7-8H,1-2,4-5H2. The van der Waals surface area contributed by atoms with Crippen LogP contribution < -0.4 is 0 Å². The predicted octanol–water partition coefficient (Wildman–Crippen LogP) is 2.10. The van der Waals surface area contributed by atoms with Gasteiger partial charge in [0.15, 0.2) is 0 Å². The molecule has 0 saturated carbocycles. The van der Waals surface area contributed by atoms with Crippen molar-refractivity contribution >= 4 is 19.6 Å². The molecule has 1 heterocycles. The van der Waals surface area contributed by atoms with Crippen molar-refractivity contribution in [2.45, 2.75) is 36.1 Å². The molecule has 2 unspecified atom stereocenters. The summed E-state index contributed by atoms with van der Waals surface area (Å²) in [4.78, 5) is 0. The maximum atomic E-state index is 5.82. The van der Waals surface area contributed by atoms with Gasteiger partial charge in [0.1, 0.15) is 0 Å². The molecule has 0 aromatic heterocycles. The van der Waals surface area contributed by atoms with Gasteiger partial charge in [-0.25, -0.2) is 0 Å². The normalized spacial score (nSPS) is 39.0. The van der Waals surface area contributed by atoms with Crippen molar-refractivity contribution in [1.29, 1.82) is 0 Å². The molecule has 52 valence electrons. The van der Waals surface area contributed by atoms with Crippen LogP contribution in [0.2, 0.25) is 0 Å². The first kappa shape index (κ1) is 6.84. The Balaban J connectivity index is 2.13. The van der Waals surface area contributed by atoms with Crippen LogP contribution in [-0.2, 0) is 0 Å². The van der Waals surface area contributed by atoms with Crippen LogP contribution in [0.25, 0.3) is 0 Å². The lowest BCUT2D eigenvalue weighted by Gasteiger charge is -2.15. The van der Waals surface area contributed by atoms with Gasteiger partial charge >= 0.3 is 0 Å². The van der Waals surface area contributed by atoms with Gasteiger partial charge in [0.25, 0.3) is 0 Å². The molecule has 2 rings (SSSR count). The van der Waals surface area contributed by atoms with Gasteiger partial charge in [-0.05, 0) is 30.8 Å². The lowest BCUT2D eigenvalue weighted by Crippen LogP contribution is -2.04. The van der Waals surface area contributed by atoms with Gasteiger partial charge in [-0.2, -0.15) is 11.8 Å². The average Bonchev–Trinajstić information content (AvgIpc) is 2.27. The van der Waals surface area contributed by atoms with Gasteiger partial charge < -0.3 is 0 Å². The molecule has 0 aromatic rings. The van der Waals surface area contributed by atoms with Crippen LogP contribution in [0.5, 0.6) is 0 Å².